The first-order chi connectivity index (χ1) is 9.30. The van der Waals surface area contributed by atoms with E-state index in [1.165, 1.54) is 0 Å². The summed E-state index contributed by atoms with van der Waals surface area (Å²) in [5, 5.41) is 0. The zero-order valence-electron chi connectivity index (χ0n) is 13.0. The van der Waals surface area contributed by atoms with Crippen LogP contribution in [0.2, 0.25) is 0 Å². The summed E-state index contributed by atoms with van der Waals surface area (Å²) in [7, 11) is 0. The smallest absolute Gasteiger partial charge is 0.293 e. The Balaban J connectivity index is 2.32. The Morgan fingerprint density at radius 3 is 2.75 bits per heavy atom. The fraction of sp³-hybridized carbons (Fsp3) is 0.733. The van der Waals surface area contributed by atoms with Crippen molar-refractivity contribution in [2.24, 2.45) is 11.7 Å². The molecule has 2 N–H and O–H groups in total. The van der Waals surface area contributed by atoms with Crippen molar-refractivity contribution in [3.05, 3.63) is 22.7 Å². The van der Waals surface area contributed by atoms with Crippen molar-refractivity contribution in [3.8, 4) is 0 Å². The molecule has 0 aliphatic carbocycles. The van der Waals surface area contributed by atoms with Crippen LogP contribution < -0.4 is 16.2 Å². The summed E-state index contributed by atoms with van der Waals surface area (Å²) >= 11 is 0. The molecule has 0 radical (unpaired) electrons. The van der Waals surface area contributed by atoms with Gasteiger partial charge >= 0.3 is 0 Å². The molecule has 1 aromatic heterocycles. The summed E-state index contributed by atoms with van der Waals surface area (Å²) in [6.07, 6.45) is 5.68. The second-order valence-electron chi connectivity index (χ2n) is 6.80. The molecule has 0 saturated carbocycles. The molecular weight excluding hydrogens is 252 g/mol. The highest BCUT2D eigenvalue weighted by Gasteiger charge is 2.26. The zero-order valence-corrected chi connectivity index (χ0v) is 13.0. The summed E-state index contributed by atoms with van der Waals surface area (Å²) in [5.41, 5.74) is 5.77. The number of nitrogens with two attached hydrogens (primary N) is 1. The predicted molar refractivity (Wildman–Crippen MR) is 82.1 cm³/mol. The van der Waals surface area contributed by atoms with Crippen LogP contribution in [0.3, 0.4) is 0 Å². The first-order valence-electron chi connectivity index (χ1n) is 7.39. The molecule has 0 spiro atoms. The highest BCUT2D eigenvalue weighted by atomic mass is 16.1. The van der Waals surface area contributed by atoms with Gasteiger partial charge in [0.25, 0.3) is 5.56 Å². The minimum atomic E-state index is -0.231. The van der Waals surface area contributed by atoms with Crippen LogP contribution in [0.25, 0.3) is 0 Å². The van der Waals surface area contributed by atoms with Crippen LogP contribution in [-0.2, 0) is 5.54 Å². The average molecular weight is 278 g/mol. The van der Waals surface area contributed by atoms with Crippen molar-refractivity contribution in [3.63, 3.8) is 0 Å². The molecule has 1 fully saturated rings. The molecule has 0 aromatic carbocycles. The van der Waals surface area contributed by atoms with Gasteiger partial charge in [-0.1, -0.05) is 0 Å². The third-order valence-corrected chi connectivity index (χ3v) is 4.05. The highest BCUT2D eigenvalue weighted by molar-refractivity contribution is 5.36. The summed E-state index contributed by atoms with van der Waals surface area (Å²) in [6.45, 7) is 9.84. The van der Waals surface area contributed by atoms with Gasteiger partial charge in [0, 0.05) is 37.1 Å². The van der Waals surface area contributed by atoms with Gasteiger partial charge in [-0.3, -0.25) is 4.79 Å². The normalized spacial score (nSPS) is 21.9. The Morgan fingerprint density at radius 2 is 2.15 bits per heavy atom. The number of aromatic nitrogens is 2. The number of rotatable bonds is 2. The first-order valence-corrected chi connectivity index (χ1v) is 7.39. The van der Waals surface area contributed by atoms with Crippen LogP contribution >= 0.6 is 0 Å². The molecule has 2 unspecified atom stereocenters. The fourth-order valence-electron chi connectivity index (χ4n) is 2.78. The maximum Gasteiger partial charge on any atom is 0.293 e. The molecule has 1 saturated heterocycles. The van der Waals surface area contributed by atoms with Crippen molar-refractivity contribution in [2.75, 3.05) is 18.0 Å². The molecule has 0 amide bonds. The van der Waals surface area contributed by atoms with E-state index in [1.54, 1.807) is 17.0 Å². The molecule has 0 bridgehead atoms. The second-order valence-corrected chi connectivity index (χ2v) is 6.80. The fourth-order valence-corrected chi connectivity index (χ4v) is 2.78. The molecule has 5 nitrogen and oxygen atoms in total. The standard InChI is InChI=1S/C15H26N4O/c1-11(16)12-6-5-8-18(10-12)13-14(20)19(9-7-17-13)15(2,3)4/h7,9,11-12H,5-6,8,10,16H2,1-4H3. The minimum Gasteiger partial charge on any atom is -0.352 e. The Kier molecular flexibility index (Phi) is 4.18. The van der Waals surface area contributed by atoms with E-state index >= 15 is 0 Å². The SMILES string of the molecule is CC(N)C1CCCN(c2nccn(C(C)(C)C)c2=O)C1. The Bertz CT molecular complexity index is 515. The van der Waals surface area contributed by atoms with Gasteiger partial charge in [-0.2, -0.15) is 0 Å². The van der Waals surface area contributed by atoms with Crippen LogP contribution in [0.5, 0.6) is 0 Å². The molecular formula is C15H26N4O. The number of hydrogen-bond donors (Lipinski definition) is 1. The van der Waals surface area contributed by atoms with E-state index in [9.17, 15) is 4.79 Å². The molecule has 20 heavy (non-hydrogen) atoms. The average Bonchev–Trinajstić information content (AvgIpc) is 2.37. The van der Waals surface area contributed by atoms with E-state index in [4.69, 9.17) is 5.73 Å². The molecule has 1 aliphatic rings. The van der Waals surface area contributed by atoms with Crippen molar-refractivity contribution in [2.45, 2.75) is 52.1 Å². The van der Waals surface area contributed by atoms with Crippen molar-refractivity contribution >= 4 is 5.82 Å². The van der Waals surface area contributed by atoms with E-state index in [0.717, 1.165) is 25.9 Å². The van der Waals surface area contributed by atoms with E-state index in [-0.39, 0.29) is 17.1 Å². The van der Waals surface area contributed by atoms with Crippen LogP contribution in [-0.4, -0.2) is 28.7 Å². The summed E-state index contributed by atoms with van der Waals surface area (Å²) in [6, 6.07) is 0.159. The minimum absolute atomic E-state index is 0.00896. The van der Waals surface area contributed by atoms with E-state index in [2.05, 4.69) is 9.88 Å². The largest absolute Gasteiger partial charge is 0.352 e. The molecule has 5 heteroatoms. The van der Waals surface area contributed by atoms with E-state index in [0.29, 0.717) is 11.7 Å². The Hall–Kier alpha value is -1.36. The third-order valence-electron chi connectivity index (χ3n) is 4.05. The zero-order chi connectivity index (χ0) is 14.9. The summed E-state index contributed by atoms with van der Waals surface area (Å²) < 4.78 is 1.75. The monoisotopic (exact) mass is 278 g/mol. The van der Waals surface area contributed by atoms with Crippen LogP contribution in [0.15, 0.2) is 17.2 Å². The van der Waals surface area contributed by atoms with Gasteiger partial charge in [-0.15, -0.1) is 0 Å². The predicted octanol–water partition coefficient (Wildman–Crippen LogP) is 1.56. The number of piperidine rings is 1. The lowest BCUT2D eigenvalue weighted by Crippen LogP contribution is -2.46. The molecule has 1 aliphatic heterocycles. The summed E-state index contributed by atoms with van der Waals surface area (Å²) in [4.78, 5) is 19.0. The highest BCUT2D eigenvalue weighted by Crippen LogP contribution is 2.21. The van der Waals surface area contributed by atoms with Gasteiger partial charge in [-0.25, -0.2) is 4.98 Å². The van der Waals surface area contributed by atoms with Gasteiger partial charge in [0.1, 0.15) is 0 Å². The van der Waals surface area contributed by atoms with Gasteiger partial charge in [0.15, 0.2) is 5.82 Å². The van der Waals surface area contributed by atoms with Crippen LogP contribution in [0.4, 0.5) is 5.82 Å². The van der Waals surface area contributed by atoms with Gasteiger partial charge in [0.05, 0.1) is 0 Å². The second kappa shape index (κ2) is 5.56. The van der Waals surface area contributed by atoms with Crippen LogP contribution in [0.1, 0.15) is 40.5 Å². The Morgan fingerprint density at radius 1 is 1.45 bits per heavy atom. The first kappa shape index (κ1) is 15.0. The van der Waals surface area contributed by atoms with Crippen molar-refractivity contribution < 1.29 is 0 Å². The molecule has 2 rings (SSSR count). The maximum absolute atomic E-state index is 12.6. The number of anilines is 1. The third kappa shape index (κ3) is 3.03. The molecule has 112 valence electrons. The Labute approximate surface area is 120 Å². The molecule has 1 aromatic rings. The van der Waals surface area contributed by atoms with Gasteiger partial charge < -0.3 is 15.2 Å². The quantitative estimate of drug-likeness (QED) is 0.891. The topological polar surface area (TPSA) is 64.2 Å². The molecule has 2 heterocycles. The number of hydrogen-bond acceptors (Lipinski definition) is 4. The lowest BCUT2D eigenvalue weighted by atomic mass is 9.92. The van der Waals surface area contributed by atoms with Crippen molar-refractivity contribution in [1.82, 2.24) is 9.55 Å². The summed E-state index contributed by atoms with van der Waals surface area (Å²) in [5.74, 6) is 1.00. The van der Waals surface area contributed by atoms with E-state index < -0.39 is 0 Å². The molecule has 2 atom stereocenters. The van der Waals surface area contributed by atoms with Gasteiger partial charge in [0.2, 0.25) is 0 Å². The lowest BCUT2D eigenvalue weighted by Gasteiger charge is -2.35. The maximum atomic E-state index is 12.6. The van der Waals surface area contributed by atoms with Gasteiger partial charge in [-0.05, 0) is 46.5 Å². The lowest BCUT2D eigenvalue weighted by molar-refractivity contribution is 0.357. The van der Waals surface area contributed by atoms with Crippen molar-refractivity contribution in [1.29, 1.82) is 0 Å². The van der Waals surface area contributed by atoms with Crippen LogP contribution in [0, 0.1) is 5.92 Å². The number of nitrogens with zero attached hydrogens (tertiary/aromatic N) is 3. The van der Waals surface area contributed by atoms with E-state index in [1.807, 2.05) is 27.7 Å².